The first kappa shape index (κ1) is 28.4. The van der Waals surface area contributed by atoms with Crippen molar-refractivity contribution in [1.29, 1.82) is 0 Å². The second-order valence-corrected chi connectivity index (χ2v) is 10.2. The number of nitrogens with zero attached hydrogens (tertiary/aromatic N) is 1. The maximum absolute atomic E-state index is 12.7. The lowest BCUT2D eigenvalue weighted by atomic mass is 10.2. The van der Waals surface area contributed by atoms with Gasteiger partial charge in [0.25, 0.3) is 0 Å². The summed E-state index contributed by atoms with van der Waals surface area (Å²) < 4.78 is 17.7. The van der Waals surface area contributed by atoms with E-state index < -0.39 is 8.80 Å². The van der Waals surface area contributed by atoms with Crippen LogP contribution in [0.4, 0.5) is 4.79 Å². The maximum atomic E-state index is 12.7. The molecule has 0 aromatic rings. The van der Waals surface area contributed by atoms with Crippen LogP contribution in [0.2, 0.25) is 6.04 Å². The van der Waals surface area contributed by atoms with Crippen molar-refractivity contribution in [2.45, 2.75) is 98.5 Å². The van der Waals surface area contributed by atoms with Gasteiger partial charge < -0.3 is 23.5 Å². The first-order valence-electron chi connectivity index (χ1n) is 12.0. The molecular formula is C22H48N2O4Si. The van der Waals surface area contributed by atoms with Crippen LogP contribution >= 0.6 is 0 Å². The fourth-order valence-corrected chi connectivity index (χ4v) is 6.00. The van der Waals surface area contributed by atoms with E-state index in [2.05, 4.69) is 19.2 Å². The summed E-state index contributed by atoms with van der Waals surface area (Å²) in [6.07, 6.45) is 10.3. The smallest absolute Gasteiger partial charge is 0.374 e. The molecule has 0 bridgehead atoms. The molecule has 1 N–H and O–H groups in total. The van der Waals surface area contributed by atoms with Crippen LogP contribution in [0.1, 0.15) is 92.4 Å². The minimum absolute atomic E-state index is 0.0643. The highest BCUT2D eigenvalue weighted by molar-refractivity contribution is 6.60. The van der Waals surface area contributed by atoms with Gasteiger partial charge in [-0.2, -0.15) is 0 Å². The van der Waals surface area contributed by atoms with Crippen LogP contribution in [0.3, 0.4) is 0 Å². The standard InChI is InChI=1S/C22H48N2O4Si/c1-6-11-13-15-19-24(20-16-14-12-7-2)22(25)23-18-17-21-29(26-8-3,27-9-4)28-10-5/h6-21H2,1-5H3,(H,23,25). The van der Waals surface area contributed by atoms with E-state index in [1.54, 1.807) is 0 Å². The molecular weight excluding hydrogens is 384 g/mol. The number of rotatable bonds is 20. The van der Waals surface area contributed by atoms with E-state index in [4.69, 9.17) is 13.3 Å². The fourth-order valence-electron chi connectivity index (χ4n) is 3.39. The van der Waals surface area contributed by atoms with Crippen molar-refractivity contribution in [1.82, 2.24) is 10.2 Å². The van der Waals surface area contributed by atoms with Gasteiger partial charge in [-0.3, -0.25) is 0 Å². The van der Waals surface area contributed by atoms with Crippen LogP contribution in [-0.2, 0) is 13.3 Å². The number of amides is 2. The molecule has 0 saturated heterocycles. The summed E-state index contributed by atoms with van der Waals surface area (Å²) in [6, 6.07) is 0.796. The molecule has 6 nitrogen and oxygen atoms in total. The molecule has 0 aromatic carbocycles. The molecule has 0 aliphatic heterocycles. The van der Waals surface area contributed by atoms with E-state index >= 15 is 0 Å². The molecule has 0 aromatic heterocycles. The number of nitrogens with one attached hydrogen (secondary N) is 1. The number of unbranched alkanes of at least 4 members (excludes halogenated alkanes) is 6. The summed E-state index contributed by atoms with van der Waals surface area (Å²) in [5.74, 6) is 0. The van der Waals surface area contributed by atoms with Crippen molar-refractivity contribution in [2.24, 2.45) is 0 Å². The summed E-state index contributed by atoms with van der Waals surface area (Å²) in [5.41, 5.74) is 0. The van der Waals surface area contributed by atoms with E-state index in [-0.39, 0.29) is 6.03 Å². The van der Waals surface area contributed by atoms with Crippen LogP contribution in [0.15, 0.2) is 0 Å². The molecule has 0 unspecified atom stereocenters. The molecule has 174 valence electrons. The number of hydrogen-bond donors (Lipinski definition) is 1. The zero-order chi connectivity index (χ0) is 21.8. The maximum Gasteiger partial charge on any atom is 0.500 e. The molecule has 0 fully saturated rings. The highest BCUT2D eigenvalue weighted by Crippen LogP contribution is 2.18. The molecule has 0 spiro atoms. The Bertz CT molecular complexity index is 357. The number of carbonyl (C=O) groups excluding carboxylic acids is 1. The van der Waals surface area contributed by atoms with Gasteiger partial charge in [0.05, 0.1) is 0 Å². The molecule has 0 atom stereocenters. The first-order chi connectivity index (χ1) is 14.1. The Morgan fingerprint density at radius 2 is 1.21 bits per heavy atom. The average molecular weight is 433 g/mol. The van der Waals surface area contributed by atoms with E-state index in [0.717, 1.165) is 38.4 Å². The average Bonchev–Trinajstić information content (AvgIpc) is 2.70. The van der Waals surface area contributed by atoms with Crippen molar-refractivity contribution < 1.29 is 18.1 Å². The van der Waals surface area contributed by atoms with Gasteiger partial charge in [-0.1, -0.05) is 52.4 Å². The summed E-state index contributed by atoms with van der Waals surface area (Å²) in [4.78, 5) is 14.7. The van der Waals surface area contributed by atoms with Crippen LogP contribution in [0.5, 0.6) is 0 Å². The number of hydrogen-bond acceptors (Lipinski definition) is 4. The van der Waals surface area contributed by atoms with Crippen molar-refractivity contribution in [3.8, 4) is 0 Å². The van der Waals surface area contributed by atoms with Gasteiger partial charge in [-0.15, -0.1) is 0 Å². The second kappa shape index (κ2) is 19.3. The zero-order valence-electron chi connectivity index (χ0n) is 19.9. The van der Waals surface area contributed by atoms with Gasteiger partial charge in [0.2, 0.25) is 0 Å². The Morgan fingerprint density at radius 3 is 1.62 bits per heavy atom. The number of carbonyl (C=O) groups is 1. The Balaban J connectivity index is 4.48. The summed E-state index contributed by atoms with van der Waals surface area (Å²) >= 11 is 0. The van der Waals surface area contributed by atoms with Gasteiger partial charge in [0, 0.05) is 45.5 Å². The highest BCUT2D eigenvalue weighted by Gasteiger charge is 2.39. The lowest BCUT2D eigenvalue weighted by molar-refractivity contribution is 0.0708. The molecule has 2 amide bonds. The van der Waals surface area contributed by atoms with E-state index in [1.807, 2.05) is 25.7 Å². The summed E-state index contributed by atoms with van der Waals surface area (Å²) in [5, 5.41) is 3.11. The monoisotopic (exact) mass is 432 g/mol. The third-order valence-electron chi connectivity index (χ3n) is 4.88. The third kappa shape index (κ3) is 14.1. The van der Waals surface area contributed by atoms with Crippen LogP contribution < -0.4 is 5.32 Å². The minimum atomic E-state index is -2.62. The molecule has 0 aliphatic rings. The van der Waals surface area contributed by atoms with Crippen LogP contribution in [0.25, 0.3) is 0 Å². The van der Waals surface area contributed by atoms with Gasteiger partial charge in [-0.25, -0.2) is 4.79 Å². The lowest BCUT2D eigenvalue weighted by Gasteiger charge is -2.28. The van der Waals surface area contributed by atoms with Gasteiger partial charge in [0.15, 0.2) is 0 Å². The van der Waals surface area contributed by atoms with Gasteiger partial charge >= 0.3 is 14.8 Å². The Morgan fingerprint density at radius 1 is 0.724 bits per heavy atom. The zero-order valence-corrected chi connectivity index (χ0v) is 20.9. The quantitative estimate of drug-likeness (QED) is 0.201. The van der Waals surface area contributed by atoms with Crippen molar-refractivity contribution in [3.63, 3.8) is 0 Å². The summed E-state index contributed by atoms with van der Waals surface area (Å²) in [6.45, 7) is 14.4. The van der Waals surface area contributed by atoms with Crippen LogP contribution in [0, 0.1) is 0 Å². The Kier molecular flexibility index (Phi) is 18.9. The SMILES string of the molecule is CCCCCCN(CCCCCC)C(=O)NCCC[Si](OCC)(OCC)OCC. The molecule has 0 radical (unpaired) electrons. The Hall–Kier alpha value is -0.633. The van der Waals surface area contributed by atoms with Crippen molar-refractivity contribution in [3.05, 3.63) is 0 Å². The molecule has 0 aliphatic carbocycles. The second-order valence-electron chi connectivity index (χ2n) is 7.43. The largest absolute Gasteiger partial charge is 0.500 e. The van der Waals surface area contributed by atoms with Gasteiger partial charge in [-0.05, 0) is 40.0 Å². The lowest BCUT2D eigenvalue weighted by Crippen LogP contribution is -2.47. The predicted molar refractivity (Wildman–Crippen MR) is 123 cm³/mol. The van der Waals surface area contributed by atoms with Crippen molar-refractivity contribution in [2.75, 3.05) is 39.5 Å². The highest BCUT2D eigenvalue weighted by atomic mass is 28.4. The summed E-state index contributed by atoms with van der Waals surface area (Å²) in [7, 11) is -2.62. The van der Waals surface area contributed by atoms with E-state index in [1.165, 1.54) is 38.5 Å². The topological polar surface area (TPSA) is 60.0 Å². The number of urea groups is 1. The molecule has 0 rings (SSSR count). The molecule has 0 saturated carbocycles. The van der Waals surface area contributed by atoms with E-state index in [9.17, 15) is 4.79 Å². The Labute approximate surface area is 181 Å². The molecule has 7 heteroatoms. The first-order valence-corrected chi connectivity index (χ1v) is 14.0. The van der Waals surface area contributed by atoms with E-state index in [0.29, 0.717) is 26.4 Å². The molecule has 29 heavy (non-hydrogen) atoms. The van der Waals surface area contributed by atoms with Crippen molar-refractivity contribution >= 4 is 14.8 Å². The van der Waals surface area contributed by atoms with Crippen LogP contribution in [-0.4, -0.2) is 59.2 Å². The predicted octanol–water partition coefficient (Wildman–Crippen LogP) is 5.60. The normalized spacial score (nSPS) is 11.6. The van der Waals surface area contributed by atoms with Gasteiger partial charge in [0.1, 0.15) is 0 Å². The third-order valence-corrected chi connectivity index (χ3v) is 8.03. The fraction of sp³-hybridized carbons (Fsp3) is 0.955. The minimum Gasteiger partial charge on any atom is -0.374 e. The molecule has 0 heterocycles.